The Kier molecular flexibility index (Phi) is 6.38. The van der Waals surface area contributed by atoms with Gasteiger partial charge < -0.3 is 5.32 Å². The predicted molar refractivity (Wildman–Crippen MR) is 132 cm³/mol. The standard InChI is InChI=1S/C27H24N2O3S/c1-3-19-10-12-20(13-11-19)25-18-23(33(2,31)32)14-15-24(25)27(30)29-22-8-6-7-21(17-22)26-9-4-5-16-28-26/h4-18H,3H2,1-2H3,(H,29,30). The number of hydrogen-bond acceptors (Lipinski definition) is 4. The first-order chi connectivity index (χ1) is 15.8. The molecule has 0 radical (unpaired) electrons. The summed E-state index contributed by atoms with van der Waals surface area (Å²) >= 11 is 0. The molecule has 0 aliphatic carbocycles. The van der Waals surface area contributed by atoms with Crippen LogP contribution in [0.2, 0.25) is 0 Å². The third kappa shape index (κ3) is 5.18. The number of hydrogen-bond donors (Lipinski definition) is 1. The van der Waals surface area contributed by atoms with E-state index in [1.165, 1.54) is 6.07 Å². The number of anilines is 1. The van der Waals surface area contributed by atoms with Crippen molar-refractivity contribution in [3.63, 3.8) is 0 Å². The molecule has 33 heavy (non-hydrogen) atoms. The fourth-order valence-corrected chi connectivity index (χ4v) is 4.25. The molecule has 1 amide bonds. The van der Waals surface area contributed by atoms with E-state index in [0.29, 0.717) is 16.8 Å². The lowest BCUT2D eigenvalue weighted by atomic mass is 9.97. The second-order valence-electron chi connectivity index (χ2n) is 7.78. The van der Waals surface area contributed by atoms with Crippen molar-refractivity contribution in [3.05, 3.63) is 102 Å². The van der Waals surface area contributed by atoms with E-state index in [0.717, 1.165) is 35.1 Å². The van der Waals surface area contributed by atoms with Gasteiger partial charge in [0.15, 0.2) is 9.84 Å². The molecule has 0 fully saturated rings. The lowest BCUT2D eigenvalue weighted by Gasteiger charge is -2.13. The number of amides is 1. The molecule has 3 aromatic carbocycles. The van der Waals surface area contributed by atoms with Crippen molar-refractivity contribution in [2.75, 3.05) is 11.6 Å². The number of aromatic nitrogens is 1. The van der Waals surface area contributed by atoms with Crippen LogP contribution in [0.5, 0.6) is 0 Å². The van der Waals surface area contributed by atoms with Crippen LogP contribution in [-0.4, -0.2) is 25.6 Å². The molecule has 1 N–H and O–H groups in total. The van der Waals surface area contributed by atoms with Crippen molar-refractivity contribution in [1.29, 1.82) is 0 Å². The highest BCUT2D eigenvalue weighted by atomic mass is 32.2. The summed E-state index contributed by atoms with van der Waals surface area (Å²) in [6.45, 7) is 2.07. The van der Waals surface area contributed by atoms with Crippen LogP contribution in [0.4, 0.5) is 5.69 Å². The maximum absolute atomic E-state index is 13.3. The van der Waals surface area contributed by atoms with E-state index in [4.69, 9.17) is 0 Å². The monoisotopic (exact) mass is 456 g/mol. The van der Waals surface area contributed by atoms with E-state index in [9.17, 15) is 13.2 Å². The molecule has 0 saturated heterocycles. The van der Waals surface area contributed by atoms with Gasteiger partial charge in [-0.25, -0.2) is 8.42 Å². The predicted octanol–water partition coefficient (Wildman–Crippen LogP) is 5.63. The Morgan fingerprint density at radius 3 is 2.33 bits per heavy atom. The quantitative estimate of drug-likeness (QED) is 0.408. The summed E-state index contributed by atoms with van der Waals surface area (Å²) < 4.78 is 24.3. The van der Waals surface area contributed by atoms with Crippen molar-refractivity contribution < 1.29 is 13.2 Å². The van der Waals surface area contributed by atoms with Crippen molar-refractivity contribution >= 4 is 21.4 Å². The number of sulfone groups is 1. The van der Waals surface area contributed by atoms with Crippen LogP contribution in [0.3, 0.4) is 0 Å². The van der Waals surface area contributed by atoms with Crippen molar-refractivity contribution in [2.24, 2.45) is 0 Å². The first-order valence-corrected chi connectivity index (χ1v) is 12.5. The average molecular weight is 457 g/mol. The molecule has 5 nitrogen and oxygen atoms in total. The summed E-state index contributed by atoms with van der Waals surface area (Å²) in [4.78, 5) is 17.8. The number of nitrogens with one attached hydrogen (secondary N) is 1. The number of nitrogens with zero attached hydrogens (tertiary/aromatic N) is 1. The van der Waals surface area contributed by atoms with Crippen LogP contribution in [0, 0.1) is 0 Å². The maximum atomic E-state index is 13.3. The van der Waals surface area contributed by atoms with Gasteiger partial charge in [-0.2, -0.15) is 0 Å². The van der Waals surface area contributed by atoms with E-state index >= 15 is 0 Å². The van der Waals surface area contributed by atoms with Crippen molar-refractivity contribution in [3.8, 4) is 22.4 Å². The summed E-state index contributed by atoms with van der Waals surface area (Å²) in [7, 11) is -3.42. The zero-order valence-electron chi connectivity index (χ0n) is 18.4. The first-order valence-electron chi connectivity index (χ1n) is 10.6. The minimum Gasteiger partial charge on any atom is -0.322 e. The smallest absolute Gasteiger partial charge is 0.256 e. The molecule has 0 bridgehead atoms. The zero-order valence-corrected chi connectivity index (χ0v) is 19.3. The Bertz CT molecular complexity index is 1400. The lowest BCUT2D eigenvalue weighted by molar-refractivity contribution is 0.102. The highest BCUT2D eigenvalue weighted by molar-refractivity contribution is 7.90. The Morgan fingerprint density at radius 2 is 1.67 bits per heavy atom. The summed E-state index contributed by atoms with van der Waals surface area (Å²) in [5.41, 5.74) is 5.23. The molecular formula is C27H24N2O3S. The highest BCUT2D eigenvalue weighted by Crippen LogP contribution is 2.29. The van der Waals surface area contributed by atoms with E-state index in [1.807, 2.05) is 66.7 Å². The first kappa shape index (κ1) is 22.4. The molecule has 0 saturated carbocycles. The van der Waals surface area contributed by atoms with Crippen molar-refractivity contribution in [1.82, 2.24) is 4.98 Å². The summed E-state index contributed by atoms with van der Waals surface area (Å²) in [5.74, 6) is -0.317. The second-order valence-corrected chi connectivity index (χ2v) is 9.80. The number of aryl methyl sites for hydroxylation is 1. The molecule has 0 aliphatic heterocycles. The van der Waals surface area contributed by atoms with Gasteiger partial charge in [0.25, 0.3) is 5.91 Å². The maximum Gasteiger partial charge on any atom is 0.256 e. The van der Waals surface area contributed by atoms with Gasteiger partial charge in [0.05, 0.1) is 10.6 Å². The molecule has 0 unspecified atom stereocenters. The Morgan fingerprint density at radius 1 is 0.879 bits per heavy atom. The van der Waals surface area contributed by atoms with Gasteiger partial charge in [0.2, 0.25) is 0 Å². The zero-order chi connectivity index (χ0) is 23.4. The molecule has 0 spiro atoms. The van der Waals surface area contributed by atoms with Crippen molar-refractivity contribution in [2.45, 2.75) is 18.2 Å². The van der Waals surface area contributed by atoms with Gasteiger partial charge >= 0.3 is 0 Å². The van der Waals surface area contributed by atoms with Crippen LogP contribution in [-0.2, 0) is 16.3 Å². The van der Waals surface area contributed by atoms with Gasteiger partial charge in [-0.1, -0.05) is 49.4 Å². The normalized spacial score (nSPS) is 11.2. The van der Waals surface area contributed by atoms with Crippen LogP contribution >= 0.6 is 0 Å². The van der Waals surface area contributed by atoms with Crippen LogP contribution in [0.15, 0.2) is 96.0 Å². The fourth-order valence-electron chi connectivity index (χ4n) is 3.60. The molecule has 1 heterocycles. The van der Waals surface area contributed by atoms with Gasteiger partial charge in [-0.3, -0.25) is 9.78 Å². The number of carbonyl (C=O) groups excluding carboxylic acids is 1. The molecular weight excluding hydrogens is 432 g/mol. The van der Waals surface area contributed by atoms with Gasteiger partial charge in [-0.05, 0) is 65.6 Å². The molecule has 4 rings (SSSR count). The Balaban J connectivity index is 1.71. The lowest BCUT2D eigenvalue weighted by Crippen LogP contribution is -2.14. The molecule has 166 valence electrons. The fraction of sp³-hybridized carbons (Fsp3) is 0.111. The third-order valence-electron chi connectivity index (χ3n) is 5.42. The molecule has 1 aromatic heterocycles. The Hall–Kier alpha value is -3.77. The van der Waals surface area contributed by atoms with Gasteiger partial charge in [0.1, 0.15) is 0 Å². The summed E-state index contributed by atoms with van der Waals surface area (Å²) in [6.07, 6.45) is 3.78. The minimum atomic E-state index is -3.42. The molecule has 6 heteroatoms. The largest absolute Gasteiger partial charge is 0.322 e. The Labute approximate surface area is 194 Å². The number of carbonyl (C=O) groups is 1. The summed E-state index contributed by atoms with van der Waals surface area (Å²) in [5, 5.41) is 2.94. The molecule has 0 aliphatic rings. The van der Waals surface area contributed by atoms with E-state index < -0.39 is 9.84 Å². The SMILES string of the molecule is CCc1ccc(-c2cc(S(C)(=O)=O)ccc2C(=O)Nc2cccc(-c3ccccn3)c2)cc1. The topological polar surface area (TPSA) is 76.1 Å². The van der Waals surface area contributed by atoms with Gasteiger partial charge in [-0.15, -0.1) is 0 Å². The van der Waals surface area contributed by atoms with E-state index in [2.05, 4.69) is 17.2 Å². The number of rotatable bonds is 6. The third-order valence-corrected chi connectivity index (χ3v) is 6.53. The van der Waals surface area contributed by atoms with Crippen LogP contribution in [0.25, 0.3) is 22.4 Å². The van der Waals surface area contributed by atoms with Gasteiger partial charge in [0, 0.05) is 29.3 Å². The van der Waals surface area contributed by atoms with Crippen LogP contribution < -0.4 is 5.32 Å². The minimum absolute atomic E-state index is 0.172. The summed E-state index contributed by atoms with van der Waals surface area (Å²) in [6, 6.07) is 25.5. The van der Waals surface area contributed by atoms with E-state index in [1.54, 1.807) is 18.3 Å². The number of benzene rings is 3. The average Bonchev–Trinajstić information content (AvgIpc) is 2.84. The van der Waals surface area contributed by atoms with E-state index in [-0.39, 0.29) is 10.8 Å². The second kappa shape index (κ2) is 9.38. The number of pyridine rings is 1. The molecule has 0 atom stereocenters. The van der Waals surface area contributed by atoms with Crippen LogP contribution in [0.1, 0.15) is 22.8 Å². The highest BCUT2D eigenvalue weighted by Gasteiger charge is 2.17. The molecule has 4 aromatic rings.